The lowest BCUT2D eigenvalue weighted by Crippen LogP contribution is -2.59. The minimum absolute atomic E-state index is 0.117. The highest BCUT2D eigenvalue weighted by molar-refractivity contribution is 6.54. The average molecular weight is 1150 g/mol. The lowest BCUT2D eigenvalue weighted by molar-refractivity contribution is -0.135. The molecule has 0 saturated carbocycles. The highest BCUT2D eigenvalue weighted by Crippen LogP contribution is 2.62. The summed E-state index contributed by atoms with van der Waals surface area (Å²) in [6, 6.07) is 25.2. The molecular formula is C65H75F5N2O9Si. The third-order valence-corrected chi connectivity index (χ3v) is 18.7. The van der Waals surface area contributed by atoms with Crippen molar-refractivity contribution in [2.24, 2.45) is 0 Å². The van der Waals surface area contributed by atoms with E-state index in [0.717, 1.165) is 68.6 Å². The number of benzene rings is 6. The Hall–Kier alpha value is -6.05. The van der Waals surface area contributed by atoms with Gasteiger partial charge in [-0.25, -0.2) is 22.0 Å². The summed E-state index contributed by atoms with van der Waals surface area (Å²) in [6.45, 7) is 26.9. The average Bonchev–Trinajstić information content (AvgIpc) is 2.58. The predicted octanol–water partition coefficient (Wildman–Crippen LogP) is 14.6. The molecule has 2 fully saturated rings. The minimum atomic E-state index is -3.76. The molecule has 1 aliphatic carbocycles. The lowest BCUT2D eigenvalue weighted by Gasteiger charge is -2.41. The fourth-order valence-corrected chi connectivity index (χ4v) is 14.9. The van der Waals surface area contributed by atoms with E-state index in [-0.39, 0.29) is 18.8 Å². The van der Waals surface area contributed by atoms with Gasteiger partial charge in [0.05, 0.1) is 68.2 Å². The first-order valence-corrected chi connectivity index (χ1v) is 30.0. The van der Waals surface area contributed by atoms with Crippen molar-refractivity contribution < 1.29 is 63.3 Å². The van der Waals surface area contributed by atoms with Crippen LogP contribution in [0.2, 0.25) is 0 Å². The molecule has 6 aromatic rings. The summed E-state index contributed by atoms with van der Waals surface area (Å²) >= 11 is 0. The number of fused-ring (bicyclic) bond motifs is 8. The van der Waals surface area contributed by atoms with Crippen molar-refractivity contribution in [2.45, 2.75) is 117 Å². The second-order valence-electron chi connectivity index (χ2n) is 24.3. The Labute approximate surface area is 479 Å². The monoisotopic (exact) mass is 1150 g/mol. The van der Waals surface area contributed by atoms with Crippen molar-refractivity contribution >= 4 is 37.3 Å². The SMILES string of the molecule is CCC1(CC)c2cc(-c3c(F)c(F)c(F)c(F)c3F)ccc2-c2c1c1c(c3cc(OC)c(N4CCOCC4)cc23)OC(c2ccc(OCCO[Si](OC(C)(C)C)(OC(C)(C)C)OC(C)(C)C)cc2)(c2ccc(N3CCOCC3)cc2)C=C1. The van der Waals surface area contributed by atoms with Gasteiger partial charge >= 0.3 is 9.05 Å². The molecule has 3 heterocycles. The van der Waals surface area contributed by atoms with Gasteiger partial charge in [-0.3, -0.25) is 0 Å². The summed E-state index contributed by atoms with van der Waals surface area (Å²) in [6.07, 6.45) is 5.23. The van der Waals surface area contributed by atoms with Crippen LogP contribution in [-0.4, -0.2) is 98.8 Å². The third-order valence-electron chi connectivity index (χ3n) is 15.6. The van der Waals surface area contributed by atoms with Crippen molar-refractivity contribution in [1.82, 2.24) is 0 Å². The summed E-state index contributed by atoms with van der Waals surface area (Å²) in [5.74, 6) is -8.21. The molecule has 2 saturated heterocycles. The molecule has 438 valence electrons. The highest BCUT2D eigenvalue weighted by Gasteiger charge is 2.54. The summed E-state index contributed by atoms with van der Waals surface area (Å²) in [5, 5.41) is 1.59. The maximum Gasteiger partial charge on any atom is 0.681 e. The molecule has 6 aromatic carbocycles. The molecule has 17 heteroatoms. The van der Waals surface area contributed by atoms with E-state index in [4.69, 9.17) is 41.4 Å². The van der Waals surface area contributed by atoms with Gasteiger partial charge in [-0.2, -0.15) is 0 Å². The van der Waals surface area contributed by atoms with Gasteiger partial charge in [0.15, 0.2) is 28.9 Å². The second kappa shape index (κ2) is 22.5. The van der Waals surface area contributed by atoms with E-state index in [1.54, 1.807) is 19.2 Å². The zero-order valence-corrected chi connectivity index (χ0v) is 50.1. The number of rotatable bonds is 16. The molecule has 0 spiro atoms. The standard InChI is InChI=1S/C65H75F5N2O9Si/c1-13-64(14-2)49-37-40(52-55(66)57(68)59(70)58(69)56(52)67)15-24-45(49)53-47-38-50(72-29-33-75-34-30-72)51(73-12)39-48(47)60-46(54(53)64)25-26-65(78-60,41-16-20-43(21-17-41)71-27-31-74-32-28-71)42-18-22-44(23-19-42)76-35-36-77-82(79-61(3,4)5,80-62(6,7)8)81-63(9,10)11/h15-26,37-39H,13-14,27-36H2,1-12H3. The van der Waals surface area contributed by atoms with Gasteiger partial charge in [0, 0.05) is 59.4 Å². The largest absolute Gasteiger partial charge is 0.681 e. The van der Waals surface area contributed by atoms with Crippen molar-refractivity contribution in [2.75, 3.05) is 82.7 Å². The number of morpholine rings is 2. The molecule has 4 aliphatic rings. The number of ether oxygens (including phenoxy) is 5. The Morgan fingerprint density at radius 1 is 0.598 bits per heavy atom. The quantitative estimate of drug-likeness (QED) is 0.0305. The van der Waals surface area contributed by atoms with Crippen molar-refractivity contribution in [3.8, 4) is 39.5 Å². The van der Waals surface area contributed by atoms with Gasteiger partial charge in [0.2, 0.25) is 5.82 Å². The molecule has 0 radical (unpaired) electrons. The molecule has 1 unspecified atom stereocenters. The molecule has 1 atom stereocenters. The van der Waals surface area contributed by atoms with Gasteiger partial charge < -0.3 is 51.2 Å². The second-order valence-corrected chi connectivity index (χ2v) is 26.2. The smallest absolute Gasteiger partial charge is 0.495 e. The molecule has 0 N–H and O–H groups in total. The zero-order valence-electron chi connectivity index (χ0n) is 49.1. The van der Waals surface area contributed by atoms with Gasteiger partial charge in [-0.05, 0) is 157 Å². The predicted molar refractivity (Wildman–Crippen MR) is 312 cm³/mol. The van der Waals surface area contributed by atoms with Gasteiger partial charge in [0.1, 0.15) is 23.9 Å². The summed E-state index contributed by atoms with van der Waals surface area (Å²) < 4.78 is 134. The lowest BCUT2D eigenvalue weighted by atomic mass is 9.70. The van der Waals surface area contributed by atoms with E-state index in [1.165, 1.54) is 6.07 Å². The summed E-state index contributed by atoms with van der Waals surface area (Å²) in [4.78, 5) is 4.53. The molecule has 11 nitrogen and oxygen atoms in total. The van der Waals surface area contributed by atoms with Crippen LogP contribution in [0, 0.1) is 29.1 Å². The summed E-state index contributed by atoms with van der Waals surface area (Å²) in [5.41, 5.74) is 2.58. The van der Waals surface area contributed by atoms with E-state index in [2.05, 4.69) is 66.1 Å². The van der Waals surface area contributed by atoms with E-state index >= 15 is 8.78 Å². The van der Waals surface area contributed by atoms with Crippen LogP contribution in [0.4, 0.5) is 33.3 Å². The van der Waals surface area contributed by atoms with Crippen LogP contribution in [0.25, 0.3) is 39.1 Å². The maximum absolute atomic E-state index is 15.7. The van der Waals surface area contributed by atoms with E-state index in [0.29, 0.717) is 75.2 Å². The third kappa shape index (κ3) is 11.1. The van der Waals surface area contributed by atoms with E-state index in [9.17, 15) is 13.2 Å². The fraction of sp³-hybridized carbons (Fsp3) is 0.446. The van der Waals surface area contributed by atoms with Crippen molar-refractivity contribution in [1.29, 1.82) is 0 Å². The van der Waals surface area contributed by atoms with E-state index < -0.39 is 71.5 Å². The first-order chi connectivity index (χ1) is 38.8. The Balaban J connectivity index is 1.11. The number of anilines is 2. The Morgan fingerprint density at radius 2 is 1.13 bits per heavy atom. The van der Waals surface area contributed by atoms with Crippen LogP contribution in [0.1, 0.15) is 117 Å². The van der Waals surface area contributed by atoms with Crippen LogP contribution in [-0.2, 0) is 38.2 Å². The van der Waals surface area contributed by atoms with Crippen molar-refractivity contribution in [3.63, 3.8) is 0 Å². The molecule has 82 heavy (non-hydrogen) atoms. The molecule has 0 bridgehead atoms. The first-order valence-electron chi connectivity index (χ1n) is 28.4. The topological polar surface area (TPSA) is 89.6 Å². The Kier molecular flexibility index (Phi) is 16.2. The van der Waals surface area contributed by atoms with Gasteiger partial charge in [-0.15, -0.1) is 0 Å². The number of nitrogens with zero attached hydrogens (tertiary/aromatic N) is 2. The van der Waals surface area contributed by atoms with Crippen LogP contribution in [0.15, 0.2) is 84.9 Å². The van der Waals surface area contributed by atoms with Gasteiger partial charge in [-0.1, -0.05) is 56.3 Å². The summed E-state index contributed by atoms with van der Waals surface area (Å²) in [7, 11) is -2.11. The number of methoxy groups -OCH3 is 1. The van der Waals surface area contributed by atoms with E-state index in [1.807, 2.05) is 92.6 Å². The minimum Gasteiger partial charge on any atom is -0.495 e. The van der Waals surface area contributed by atoms with Crippen LogP contribution >= 0.6 is 0 Å². The fourth-order valence-electron chi connectivity index (χ4n) is 12.1. The number of hydrogen-bond acceptors (Lipinski definition) is 11. The molecule has 10 rings (SSSR count). The molecule has 0 aromatic heterocycles. The normalized spacial score (nSPS) is 18.1. The van der Waals surface area contributed by atoms with Crippen LogP contribution in [0.5, 0.6) is 17.2 Å². The zero-order chi connectivity index (χ0) is 58.7. The van der Waals surface area contributed by atoms with Gasteiger partial charge in [0.25, 0.3) is 0 Å². The van der Waals surface area contributed by atoms with Crippen LogP contribution in [0.3, 0.4) is 0 Å². The number of halogens is 5. The van der Waals surface area contributed by atoms with Crippen molar-refractivity contribution in [3.05, 3.63) is 142 Å². The Morgan fingerprint density at radius 3 is 1.67 bits per heavy atom. The molecule has 3 aliphatic heterocycles. The molecule has 0 amide bonds. The maximum atomic E-state index is 15.7. The molecular weight excluding hydrogens is 1080 g/mol. The Bertz CT molecular complexity index is 3310. The number of hydrogen-bond donors (Lipinski definition) is 0. The highest BCUT2D eigenvalue weighted by atomic mass is 28.4. The first kappa shape index (κ1) is 59.1. The van der Waals surface area contributed by atoms with Crippen LogP contribution < -0.4 is 24.0 Å².